The summed E-state index contributed by atoms with van der Waals surface area (Å²) in [6.45, 7) is 1.23. The van der Waals surface area contributed by atoms with Crippen LogP contribution in [0.5, 0.6) is 0 Å². The minimum atomic E-state index is -0.283. The van der Waals surface area contributed by atoms with Crippen molar-refractivity contribution in [3.63, 3.8) is 0 Å². The van der Waals surface area contributed by atoms with Gasteiger partial charge >= 0.3 is 0 Å². The maximum absolute atomic E-state index is 12.0. The van der Waals surface area contributed by atoms with Crippen LogP contribution >= 0.6 is 0 Å². The molecule has 1 unspecified atom stereocenters. The van der Waals surface area contributed by atoms with Crippen LogP contribution in [0.2, 0.25) is 0 Å². The number of carbonyl (C=O) groups excluding carboxylic acids is 2. The van der Waals surface area contributed by atoms with Crippen molar-refractivity contribution in [3.8, 4) is 0 Å². The third kappa shape index (κ3) is 3.48. The molecule has 1 aromatic carbocycles. The largest absolute Gasteiger partial charge is 0.399 e. The van der Waals surface area contributed by atoms with Crippen molar-refractivity contribution in [1.29, 1.82) is 0 Å². The zero-order valence-electron chi connectivity index (χ0n) is 11.5. The second-order valence-electron chi connectivity index (χ2n) is 4.83. The van der Waals surface area contributed by atoms with Gasteiger partial charge in [0.1, 0.15) is 0 Å². The average Bonchev–Trinajstić information content (AvgIpc) is 2.98. The molecule has 2 amide bonds. The summed E-state index contributed by atoms with van der Waals surface area (Å²) < 4.78 is 5.24. The van der Waals surface area contributed by atoms with E-state index in [1.54, 1.807) is 36.2 Å². The molecule has 0 saturated carbocycles. The Balaban J connectivity index is 1.83. The van der Waals surface area contributed by atoms with Crippen LogP contribution in [0.1, 0.15) is 16.8 Å². The second-order valence-corrected chi connectivity index (χ2v) is 4.83. The van der Waals surface area contributed by atoms with Crippen LogP contribution in [0.3, 0.4) is 0 Å². The van der Waals surface area contributed by atoms with E-state index in [0.717, 1.165) is 6.42 Å². The lowest BCUT2D eigenvalue weighted by molar-refractivity contribution is -0.130. The third-order valence-electron chi connectivity index (χ3n) is 3.42. The molecule has 6 heteroatoms. The van der Waals surface area contributed by atoms with Gasteiger partial charge in [-0.1, -0.05) is 0 Å². The van der Waals surface area contributed by atoms with E-state index in [-0.39, 0.29) is 24.4 Å². The van der Waals surface area contributed by atoms with Crippen LogP contribution in [-0.2, 0) is 9.53 Å². The Morgan fingerprint density at radius 3 is 2.70 bits per heavy atom. The van der Waals surface area contributed by atoms with Gasteiger partial charge in [-0.3, -0.25) is 9.59 Å². The molecule has 1 heterocycles. The van der Waals surface area contributed by atoms with Crippen LogP contribution < -0.4 is 11.1 Å². The number of hydrogen-bond acceptors (Lipinski definition) is 4. The number of amides is 2. The number of nitrogen functional groups attached to an aromatic ring is 1. The molecule has 0 aliphatic carbocycles. The molecule has 2 rings (SSSR count). The fraction of sp³-hybridized carbons (Fsp3) is 0.429. The van der Waals surface area contributed by atoms with Gasteiger partial charge in [-0.15, -0.1) is 0 Å². The van der Waals surface area contributed by atoms with E-state index in [4.69, 9.17) is 10.5 Å². The Bertz CT molecular complexity index is 481. The van der Waals surface area contributed by atoms with Crippen LogP contribution in [0, 0.1) is 0 Å². The Kier molecular flexibility index (Phi) is 4.57. The molecule has 1 fully saturated rings. The molecule has 1 saturated heterocycles. The van der Waals surface area contributed by atoms with Gasteiger partial charge in [0.2, 0.25) is 5.91 Å². The van der Waals surface area contributed by atoms with Gasteiger partial charge in [-0.2, -0.15) is 0 Å². The number of benzene rings is 1. The standard InChI is InChI=1S/C14H19N3O3/c1-17(12-6-7-20-9-12)13(18)8-16-14(19)10-2-4-11(15)5-3-10/h2-5,12H,6-9,15H2,1H3,(H,16,19). The monoisotopic (exact) mass is 277 g/mol. The van der Waals surface area contributed by atoms with Gasteiger partial charge in [0.05, 0.1) is 19.2 Å². The van der Waals surface area contributed by atoms with E-state index in [0.29, 0.717) is 24.5 Å². The highest BCUT2D eigenvalue weighted by Gasteiger charge is 2.24. The highest BCUT2D eigenvalue weighted by molar-refractivity contribution is 5.96. The van der Waals surface area contributed by atoms with E-state index >= 15 is 0 Å². The number of ether oxygens (including phenoxy) is 1. The molecule has 6 nitrogen and oxygen atoms in total. The maximum atomic E-state index is 12.0. The highest BCUT2D eigenvalue weighted by Crippen LogP contribution is 2.10. The zero-order chi connectivity index (χ0) is 14.5. The summed E-state index contributed by atoms with van der Waals surface area (Å²) in [5.74, 6) is -0.404. The first kappa shape index (κ1) is 14.3. The number of rotatable bonds is 4. The smallest absolute Gasteiger partial charge is 0.251 e. The lowest BCUT2D eigenvalue weighted by atomic mass is 10.2. The van der Waals surface area contributed by atoms with Crippen LogP contribution in [0.25, 0.3) is 0 Å². The maximum Gasteiger partial charge on any atom is 0.251 e. The molecule has 0 aromatic heterocycles. The van der Waals surface area contributed by atoms with Crippen molar-refractivity contribution >= 4 is 17.5 Å². The highest BCUT2D eigenvalue weighted by atomic mass is 16.5. The minimum Gasteiger partial charge on any atom is -0.399 e. The van der Waals surface area contributed by atoms with Crippen molar-refractivity contribution in [3.05, 3.63) is 29.8 Å². The lowest BCUT2D eigenvalue weighted by Gasteiger charge is -2.23. The van der Waals surface area contributed by atoms with Crippen molar-refractivity contribution in [2.45, 2.75) is 12.5 Å². The molecule has 0 bridgehead atoms. The van der Waals surface area contributed by atoms with E-state index in [2.05, 4.69) is 5.32 Å². The summed E-state index contributed by atoms with van der Waals surface area (Å²) >= 11 is 0. The molecule has 3 N–H and O–H groups in total. The SMILES string of the molecule is CN(C(=O)CNC(=O)c1ccc(N)cc1)C1CCOC1. The van der Waals surface area contributed by atoms with Crippen LogP contribution in [-0.4, -0.2) is 49.6 Å². The number of nitrogens with two attached hydrogens (primary N) is 1. The molecule has 0 radical (unpaired) electrons. The number of nitrogens with one attached hydrogen (secondary N) is 1. The van der Waals surface area contributed by atoms with Crippen molar-refractivity contribution < 1.29 is 14.3 Å². The minimum absolute atomic E-state index is 0.0176. The van der Waals surface area contributed by atoms with Crippen LogP contribution in [0.15, 0.2) is 24.3 Å². The normalized spacial score (nSPS) is 17.8. The summed E-state index contributed by atoms with van der Waals surface area (Å²) in [5, 5.41) is 2.61. The van der Waals surface area contributed by atoms with Gasteiger partial charge in [-0.25, -0.2) is 0 Å². The molecule has 1 atom stereocenters. The fourth-order valence-electron chi connectivity index (χ4n) is 2.05. The third-order valence-corrected chi connectivity index (χ3v) is 3.42. The predicted molar refractivity (Wildman–Crippen MR) is 75.2 cm³/mol. The van der Waals surface area contributed by atoms with E-state index in [1.165, 1.54) is 0 Å². The Hall–Kier alpha value is -2.08. The van der Waals surface area contributed by atoms with E-state index in [1.807, 2.05) is 0 Å². The fourth-order valence-corrected chi connectivity index (χ4v) is 2.05. The molecular formula is C14H19N3O3. The molecule has 1 aliphatic heterocycles. The van der Waals surface area contributed by atoms with E-state index < -0.39 is 0 Å². The summed E-state index contributed by atoms with van der Waals surface area (Å²) in [5.41, 5.74) is 6.64. The van der Waals surface area contributed by atoms with Crippen molar-refractivity contribution in [2.75, 3.05) is 32.5 Å². The summed E-state index contributed by atoms with van der Waals surface area (Å²) in [7, 11) is 1.73. The first-order valence-electron chi connectivity index (χ1n) is 6.55. The first-order valence-corrected chi connectivity index (χ1v) is 6.55. The molecule has 1 aliphatic rings. The number of likely N-dealkylation sites (N-methyl/N-ethyl adjacent to an activating group) is 1. The quantitative estimate of drug-likeness (QED) is 0.772. The summed E-state index contributed by atoms with van der Waals surface area (Å²) in [4.78, 5) is 25.4. The second kappa shape index (κ2) is 6.38. The Morgan fingerprint density at radius 1 is 1.40 bits per heavy atom. The lowest BCUT2D eigenvalue weighted by Crippen LogP contribution is -2.43. The topological polar surface area (TPSA) is 84.7 Å². The van der Waals surface area contributed by atoms with Gasteiger partial charge in [-0.05, 0) is 30.7 Å². The average molecular weight is 277 g/mol. The van der Waals surface area contributed by atoms with E-state index in [9.17, 15) is 9.59 Å². The zero-order valence-corrected chi connectivity index (χ0v) is 11.5. The number of hydrogen-bond donors (Lipinski definition) is 2. The van der Waals surface area contributed by atoms with Crippen molar-refractivity contribution in [1.82, 2.24) is 10.2 Å². The molecule has 20 heavy (non-hydrogen) atoms. The Morgan fingerprint density at radius 2 is 2.10 bits per heavy atom. The van der Waals surface area contributed by atoms with Gasteiger partial charge < -0.3 is 20.7 Å². The van der Waals surface area contributed by atoms with Crippen LogP contribution in [0.4, 0.5) is 5.69 Å². The predicted octanol–water partition coefficient (Wildman–Crippen LogP) is 0.246. The molecule has 108 valence electrons. The number of anilines is 1. The summed E-state index contributed by atoms with van der Waals surface area (Å²) in [6, 6.07) is 6.67. The number of carbonyl (C=O) groups is 2. The summed E-state index contributed by atoms with van der Waals surface area (Å²) in [6.07, 6.45) is 0.841. The molecule has 1 aromatic rings. The molecular weight excluding hydrogens is 258 g/mol. The van der Waals surface area contributed by atoms with Gasteiger partial charge in [0.25, 0.3) is 5.91 Å². The van der Waals surface area contributed by atoms with Crippen molar-refractivity contribution in [2.24, 2.45) is 0 Å². The number of nitrogens with zero attached hydrogens (tertiary/aromatic N) is 1. The van der Waals surface area contributed by atoms with Gasteiger partial charge in [0, 0.05) is 24.9 Å². The van der Waals surface area contributed by atoms with Gasteiger partial charge in [0.15, 0.2) is 0 Å². The first-order chi connectivity index (χ1) is 9.58. The Labute approximate surface area is 117 Å². The molecule has 0 spiro atoms.